The quantitative estimate of drug-likeness (QED) is 0.779. The van der Waals surface area contributed by atoms with E-state index >= 15 is 0 Å². The fourth-order valence-corrected chi connectivity index (χ4v) is 2.99. The predicted octanol–water partition coefficient (Wildman–Crippen LogP) is 4.01. The Bertz CT molecular complexity index is 936. The van der Waals surface area contributed by atoms with Gasteiger partial charge in [-0.2, -0.15) is 4.98 Å². The number of aryl methyl sites for hydroxylation is 1. The molecule has 0 atom stereocenters. The first-order chi connectivity index (χ1) is 12.2. The molecule has 25 heavy (non-hydrogen) atoms. The van der Waals surface area contributed by atoms with Gasteiger partial charge in [0, 0.05) is 17.7 Å². The van der Waals surface area contributed by atoms with Crippen LogP contribution in [0.2, 0.25) is 0 Å². The number of ketones is 1. The molecule has 0 bridgehead atoms. The van der Waals surface area contributed by atoms with Crippen LogP contribution in [0.15, 0.2) is 47.0 Å². The number of nitrogens with one attached hydrogen (secondary N) is 1. The summed E-state index contributed by atoms with van der Waals surface area (Å²) in [5, 5.41) is 6.99. The van der Waals surface area contributed by atoms with E-state index in [2.05, 4.69) is 15.5 Å². The van der Waals surface area contributed by atoms with Crippen LogP contribution >= 0.6 is 0 Å². The number of hydrogen-bond acceptors (Lipinski definition) is 5. The van der Waals surface area contributed by atoms with E-state index in [-0.39, 0.29) is 11.6 Å². The van der Waals surface area contributed by atoms with Crippen molar-refractivity contribution in [3.63, 3.8) is 0 Å². The van der Waals surface area contributed by atoms with Crippen LogP contribution < -0.4 is 5.32 Å². The third-order valence-corrected chi connectivity index (χ3v) is 4.29. The van der Waals surface area contributed by atoms with E-state index in [1.165, 1.54) is 6.07 Å². The van der Waals surface area contributed by atoms with Crippen LogP contribution in [0.3, 0.4) is 0 Å². The van der Waals surface area contributed by atoms with Gasteiger partial charge in [0.1, 0.15) is 5.82 Å². The Labute approximate surface area is 143 Å². The fourth-order valence-electron chi connectivity index (χ4n) is 2.99. The number of carbonyl (C=O) groups is 1. The largest absolute Gasteiger partial charge is 0.376 e. The van der Waals surface area contributed by atoms with Gasteiger partial charge in [0.05, 0.1) is 12.1 Å². The molecule has 0 radical (unpaired) electrons. The molecule has 2 aromatic carbocycles. The highest BCUT2D eigenvalue weighted by Crippen LogP contribution is 2.25. The molecule has 4 rings (SSSR count). The van der Waals surface area contributed by atoms with Gasteiger partial charge in [-0.25, -0.2) is 4.39 Å². The van der Waals surface area contributed by atoms with E-state index in [9.17, 15) is 9.18 Å². The first-order valence-corrected chi connectivity index (χ1v) is 8.18. The highest BCUT2D eigenvalue weighted by Gasteiger charge is 2.17. The molecule has 0 amide bonds. The van der Waals surface area contributed by atoms with E-state index in [1.807, 2.05) is 18.2 Å². The van der Waals surface area contributed by atoms with Gasteiger partial charge < -0.3 is 9.84 Å². The maximum Gasteiger partial charge on any atom is 0.246 e. The summed E-state index contributed by atoms with van der Waals surface area (Å²) in [5.74, 6) is 0.360. The zero-order chi connectivity index (χ0) is 17.2. The molecule has 0 aliphatic heterocycles. The second kappa shape index (κ2) is 6.47. The summed E-state index contributed by atoms with van der Waals surface area (Å²) in [6.07, 6.45) is 2.46. The summed E-state index contributed by atoms with van der Waals surface area (Å²) >= 11 is 0. The molecule has 1 aromatic heterocycles. The van der Waals surface area contributed by atoms with Gasteiger partial charge >= 0.3 is 0 Å². The molecule has 1 N–H and O–H groups in total. The van der Waals surface area contributed by atoms with E-state index in [4.69, 9.17) is 4.52 Å². The smallest absolute Gasteiger partial charge is 0.246 e. The molecule has 1 heterocycles. The summed E-state index contributed by atoms with van der Waals surface area (Å²) in [7, 11) is 0. The number of rotatable bonds is 4. The maximum atomic E-state index is 13.8. The molecule has 0 saturated carbocycles. The number of benzene rings is 2. The van der Waals surface area contributed by atoms with Crippen LogP contribution in [0, 0.1) is 5.82 Å². The molecular weight excluding hydrogens is 321 g/mol. The van der Waals surface area contributed by atoms with Gasteiger partial charge in [0.25, 0.3) is 0 Å². The third-order valence-electron chi connectivity index (χ3n) is 4.29. The van der Waals surface area contributed by atoms with Crippen LogP contribution in [-0.4, -0.2) is 15.9 Å². The van der Waals surface area contributed by atoms with Gasteiger partial charge in [-0.15, -0.1) is 0 Å². The lowest BCUT2D eigenvalue weighted by Gasteiger charge is -2.15. The second-order valence-electron chi connectivity index (χ2n) is 5.99. The summed E-state index contributed by atoms with van der Waals surface area (Å²) < 4.78 is 18.9. The molecule has 1 aliphatic carbocycles. The number of hydrogen-bond donors (Lipinski definition) is 1. The van der Waals surface area contributed by atoms with Crippen LogP contribution in [0.1, 0.15) is 34.7 Å². The minimum Gasteiger partial charge on any atom is -0.376 e. The number of carbonyl (C=O) groups excluding carboxylic acids is 1. The Morgan fingerprint density at radius 1 is 1.12 bits per heavy atom. The van der Waals surface area contributed by atoms with Crippen molar-refractivity contribution >= 4 is 11.5 Å². The predicted molar refractivity (Wildman–Crippen MR) is 90.7 cm³/mol. The van der Waals surface area contributed by atoms with Crippen molar-refractivity contribution in [1.29, 1.82) is 0 Å². The number of nitrogens with zero attached hydrogens (tertiary/aromatic N) is 2. The van der Waals surface area contributed by atoms with Crippen molar-refractivity contribution in [3.05, 3.63) is 65.3 Å². The lowest BCUT2D eigenvalue weighted by molar-refractivity contribution is 0.0972. The van der Waals surface area contributed by atoms with Gasteiger partial charge in [0.2, 0.25) is 11.7 Å². The summed E-state index contributed by atoms with van der Waals surface area (Å²) in [4.78, 5) is 16.2. The van der Waals surface area contributed by atoms with E-state index < -0.39 is 5.82 Å². The van der Waals surface area contributed by atoms with Crippen LogP contribution in [-0.2, 0) is 13.0 Å². The molecular formula is C19H16FN3O2. The molecule has 6 heteroatoms. The Kier molecular flexibility index (Phi) is 4.01. The molecule has 3 aromatic rings. The van der Waals surface area contributed by atoms with E-state index in [1.54, 1.807) is 18.2 Å². The average molecular weight is 337 g/mol. The van der Waals surface area contributed by atoms with Crippen molar-refractivity contribution in [2.45, 2.75) is 25.8 Å². The summed E-state index contributed by atoms with van der Waals surface area (Å²) in [6, 6.07) is 12.1. The molecule has 0 unspecified atom stereocenters. The SMILES string of the molecule is O=C1CCCc2ccc(NCc3nc(-c4ccccc4F)no3)cc21. The van der Waals surface area contributed by atoms with Crippen molar-refractivity contribution < 1.29 is 13.7 Å². The number of anilines is 1. The van der Waals surface area contributed by atoms with Crippen LogP contribution in [0.25, 0.3) is 11.4 Å². The number of aromatic nitrogens is 2. The second-order valence-corrected chi connectivity index (χ2v) is 5.99. The zero-order valence-corrected chi connectivity index (χ0v) is 13.5. The normalized spacial score (nSPS) is 13.6. The Balaban J connectivity index is 1.48. The fraction of sp³-hybridized carbons (Fsp3) is 0.211. The molecule has 0 saturated heterocycles. The number of halogens is 1. The average Bonchev–Trinajstić information content (AvgIpc) is 3.10. The van der Waals surface area contributed by atoms with Crippen molar-refractivity contribution in [2.24, 2.45) is 0 Å². The standard InChI is InChI=1S/C19H16FN3O2/c20-16-6-2-1-5-14(16)19-22-18(25-23-19)11-21-13-9-8-12-4-3-7-17(24)15(12)10-13/h1-2,5-6,8-10,21H,3-4,7,11H2. The monoisotopic (exact) mass is 337 g/mol. The summed E-state index contributed by atoms with van der Waals surface area (Å²) in [5.41, 5.74) is 3.01. The number of fused-ring (bicyclic) bond motifs is 1. The van der Waals surface area contributed by atoms with Gasteiger partial charge in [-0.05, 0) is 42.7 Å². The van der Waals surface area contributed by atoms with Gasteiger partial charge in [-0.1, -0.05) is 23.4 Å². The first kappa shape index (κ1) is 15.5. The van der Waals surface area contributed by atoms with Crippen molar-refractivity contribution in [3.8, 4) is 11.4 Å². The minimum atomic E-state index is -0.393. The Hall–Kier alpha value is -3.02. The minimum absolute atomic E-state index is 0.185. The highest BCUT2D eigenvalue weighted by atomic mass is 19.1. The lowest BCUT2D eigenvalue weighted by atomic mass is 9.90. The molecule has 126 valence electrons. The van der Waals surface area contributed by atoms with Crippen LogP contribution in [0.5, 0.6) is 0 Å². The topological polar surface area (TPSA) is 68.0 Å². The molecule has 1 aliphatic rings. The van der Waals surface area contributed by atoms with Gasteiger partial charge in [0.15, 0.2) is 5.78 Å². The molecule has 0 spiro atoms. The third kappa shape index (κ3) is 3.15. The number of Topliss-reactive ketones (excluding diaryl/α,β-unsaturated/α-hetero) is 1. The van der Waals surface area contributed by atoms with Crippen molar-refractivity contribution in [2.75, 3.05) is 5.32 Å². The van der Waals surface area contributed by atoms with E-state index in [0.717, 1.165) is 29.7 Å². The van der Waals surface area contributed by atoms with Crippen molar-refractivity contribution in [1.82, 2.24) is 10.1 Å². The molecule has 0 fully saturated rings. The maximum absolute atomic E-state index is 13.8. The van der Waals surface area contributed by atoms with E-state index in [0.29, 0.717) is 24.4 Å². The Morgan fingerprint density at radius 3 is 2.88 bits per heavy atom. The first-order valence-electron chi connectivity index (χ1n) is 8.18. The van der Waals surface area contributed by atoms with Crippen LogP contribution in [0.4, 0.5) is 10.1 Å². The highest BCUT2D eigenvalue weighted by molar-refractivity contribution is 5.99. The molecule has 5 nitrogen and oxygen atoms in total. The summed E-state index contributed by atoms with van der Waals surface area (Å²) in [6.45, 7) is 0.300. The van der Waals surface area contributed by atoms with Gasteiger partial charge in [-0.3, -0.25) is 4.79 Å². The Morgan fingerprint density at radius 2 is 2.00 bits per heavy atom. The lowest BCUT2D eigenvalue weighted by Crippen LogP contribution is -2.11. The zero-order valence-electron chi connectivity index (χ0n) is 13.5.